The van der Waals surface area contributed by atoms with Gasteiger partial charge in [0, 0.05) is 0 Å². The first-order chi connectivity index (χ1) is 13.2. The van der Waals surface area contributed by atoms with E-state index in [0.717, 1.165) is 6.42 Å². The predicted octanol–water partition coefficient (Wildman–Crippen LogP) is -4.58. The molecule has 0 N–H and O–H groups in total. The second-order valence-corrected chi connectivity index (χ2v) is 11.3. The maximum atomic E-state index is 3.87. The van der Waals surface area contributed by atoms with E-state index < -0.39 is 8.07 Å². The van der Waals surface area contributed by atoms with E-state index in [1.165, 1.54) is 26.3 Å². The number of halogens is 3. The number of hydrogen-bond acceptors (Lipinski definition) is 0. The van der Waals surface area contributed by atoms with Gasteiger partial charge in [-0.15, -0.1) is 0 Å². The zero-order valence-corrected chi connectivity index (χ0v) is 22.5. The van der Waals surface area contributed by atoms with Gasteiger partial charge >= 0.3 is 21.7 Å². The second-order valence-electron chi connectivity index (χ2n) is 7.47. The van der Waals surface area contributed by atoms with Gasteiger partial charge in [-0.05, 0) is 15.6 Å². The zero-order chi connectivity index (χ0) is 18.7. The first kappa shape index (κ1) is 29.9. The Morgan fingerprint density at radius 3 is 1.29 bits per heavy atom. The van der Waals surface area contributed by atoms with E-state index in [9.17, 15) is 0 Å². The molecule has 0 heterocycles. The molecule has 0 aromatic heterocycles. The number of allylic oxidation sites excluding steroid dienone is 4. The van der Waals surface area contributed by atoms with Crippen LogP contribution in [0.25, 0.3) is 0 Å². The first-order valence-electron chi connectivity index (χ1n) is 9.73. The molecule has 3 aromatic rings. The van der Waals surface area contributed by atoms with Gasteiger partial charge in [-0.25, -0.2) is 11.6 Å². The molecule has 1 aliphatic rings. The largest absolute Gasteiger partial charge is 4.00 e. The molecule has 0 atom stereocenters. The first-order valence-corrected chi connectivity index (χ1v) is 11.7. The van der Waals surface area contributed by atoms with Crippen molar-refractivity contribution in [1.82, 2.24) is 0 Å². The van der Waals surface area contributed by atoms with E-state index in [2.05, 4.69) is 117 Å². The Labute approximate surface area is 221 Å². The van der Waals surface area contributed by atoms with Crippen LogP contribution in [0.5, 0.6) is 0 Å². The maximum absolute atomic E-state index is 3.87. The minimum absolute atomic E-state index is 0. The van der Waals surface area contributed by atoms with Gasteiger partial charge in [-0.3, -0.25) is 6.08 Å². The molecule has 5 heteroatoms. The smallest absolute Gasteiger partial charge is 1.00 e. The van der Waals surface area contributed by atoms with Crippen molar-refractivity contribution < 1.29 is 58.9 Å². The molecule has 0 spiro atoms. The third-order valence-electron chi connectivity index (χ3n) is 5.52. The second kappa shape index (κ2) is 13.5. The van der Waals surface area contributed by atoms with Crippen molar-refractivity contribution >= 4 is 23.6 Å². The fourth-order valence-corrected chi connectivity index (χ4v) is 9.07. The van der Waals surface area contributed by atoms with Gasteiger partial charge < -0.3 is 37.2 Å². The average molecular weight is 520 g/mol. The van der Waals surface area contributed by atoms with Crippen LogP contribution in [-0.4, -0.2) is 8.07 Å². The molecule has 0 radical (unpaired) electrons. The van der Waals surface area contributed by atoms with Gasteiger partial charge in [0.1, 0.15) is 0 Å². The molecule has 0 bridgehead atoms. The van der Waals surface area contributed by atoms with Gasteiger partial charge in [0.05, 0.1) is 0 Å². The standard InChI is InChI=1S/C26H25Si.3ClH.Ti/c1-21(2)22-18-19-26(20-22)27(23-12-6-3-7-13-23,24-14-8-4-9-15-24)25-16-10-5-11-17-25;;;;/h3-18,21H,19H2,1-2H3;3*1H;/q-1;;;;+4/p-3. The summed E-state index contributed by atoms with van der Waals surface area (Å²) in [6, 6.07) is 33.3. The topological polar surface area (TPSA) is 0 Å². The predicted molar refractivity (Wildman–Crippen MR) is 118 cm³/mol. The van der Waals surface area contributed by atoms with E-state index in [1.54, 1.807) is 0 Å². The van der Waals surface area contributed by atoms with Crippen LogP contribution < -0.4 is 52.8 Å². The van der Waals surface area contributed by atoms with Crippen LogP contribution in [0.1, 0.15) is 20.3 Å². The minimum atomic E-state index is -2.32. The summed E-state index contributed by atoms with van der Waals surface area (Å²) in [5, 5.41) is 5.77. The SMILES string of the molecule is CC(C)C1=CCC([Si](c2ccccc2)(c2ccccc2)c2ccccc2)=[C-]1.[Cl-].[Cl-].[Cl-].[Ti+4]. The molecule has 31 heavy (non-hydrogen) atoms. The monoisotopic (exact) mass is 518 g/mol. The van der Waals surface area contributed by atoms with Crippen LogP contribution in [-0.2, 0) is 21.7 Å². The van der Waals surface area contributed by atoms with Crippen LogP contribution in [0.2, 0.25) is 0 Å². The molecule has 0 saturated carbocycles. The summed E-state index contributed by atoms with van der Waals surface area (Å²) in [6.45, 7) is 4.52. The van der Waals surface area contributed by atoms with Gasteiger partial charge in [-0.2, -0.15) is 5.20 Å². The molecule has 0 fully saturated rings. The van der Waals surface area contributed by atoms with Gasteiger partial charge in [0.25, 0.3) is 0 Å². The minimum Gasteiger partial charge on any atom is -1.00 e. The van der Waals surface area contributed by atoms with Crippen molar-refractivity contribution in [3.05, 3.63) is 114 Å². The molecule has 1 aliphatic carbocycles. The summed E-state index contributed by atoms with van der Waals surface area (Å²) in [6.07, 6.45) is 7.25. The molecular formula is C26H25Cl3SiTi. The van der Waals surface area contributed by atoms with Crippen molar-refractivity contribution in [3.8, 4) is 0 Å². The van der Waals surface area contributed by atoms with Crippen molar-refractivity contribution in [2.75, 3.05) is 0 Å². The van der Waals surface area contributed by atoms with Crippen LogP contribution in [0, 0.1) is 12.0 Å². The van der Waals surface area contributed by atoms with Gasteiger partial charge in [0.15, 0.2) is 8.07 Å². The molecule has 4 rings (SSSR count). The number of benzene rings is 3. The molecule has 0 amide bonds. The third-order valence-corrected chi connectivity index (χ3v) is 10.3. The van der Waals surface area contributed by atoms with Crippen molar-refractivity contribution in [1.29, 1.82) is 0 Å². The quantitative estimate of drug-likeness (QED) is 0.181. The zero-order valence-electron chi connectivity index (χ0n) is 17.7. The molecule has 0 nitrogen and oxygen atoms in total. The third kappa shape index (κ3) is 5.85. The normalized spacial score (nSPS) is 12.4. The fourth-order valence-electron chi connectivity index (χ4n) is 4.20. The Balaban J connectivity index is 0.00000225. The van der Waals surface area contributed by atoms with Crippen molar-refractivity contribution in [2.45, 2.75) is 20.3 Å². The van der Waals surface area contributed by atoms with Crippen molar-refractivity contribution in [3.63, 3.8) is 0 Å². The van der Waals surface area contributed by atoms with Crippen LogP contribution >= 0.6 is 0 Å². The van der Waals surface area contributed by atoms with E-state index in [4.69, 9.17) is 0 Å². The van der Waals surface area contributed by atoms with E-state index >= 15 is 0 Å². The van der Waals surface area contributed by atoms with Crippen LogP contribution in [0.15, 0.2) is 108 Å². The van der Waals surface area contributed by atoms with Crippen molar-refractivity contribution in [2.24, 2.45) is 5.92 Å². The van der Waals surface area contributed by atoms with Gasteiger partial charge in [-0.1, -0.05) is 117 Å². The summed E-state index contributed by atoms with van der Waals surface area (Å²) < 4.78 is 0. The molecule has 0 saturated heterocycles. The average Bonchev–Trinajstić information content (AvgIpc) is 3.22. The number of rotatable bonds is 5. The Hall–Kier alpha value is -1.06. The fraction of sp³-hybridized carbons (Fsp3) is 0.154. The van der Waals surface area contributed by atoms with E-state index in [1.807, 2.05) is 0 Å². The molecule has 158 valence electrons. The summed E-state index contributed by atoms with van der Waals surface area (Å²) in [7, 11) is -2.32. The summed E-state index contributed by atoms with van der Waals surface area (Å²) in [4.78, 5) is 0. The van der Waals surface area contributed by atoms with E-state index in [0.29, 0.717) is 5.92 Å². The Morgan fingerprint density at radius 1 is 0.645 bits per heavy atom. The summed E-state index contributed by atoms with van der Waals surface area (Å²) in [5.74, 6) is 0.511. The summed E-state index contributed by atoms with van der Waals surface area (Å²) in [5.41, 5.74) is 1.35. The van der Waals surface area contributed by atoms with E-state index in [-0.39, 0.29) is 58.9 Å². The molecular weight excluding hydrogens is 495 g/mol. The van der Waals surface area contributed by atoms with Crippen LogP contribution in [0.3, 0.4) is 0 Å². The van der Waals surface area contributed by atoms with Gasteiger partial charge in [0.2, 0.25) is 0 Å². The molecule has 0 aliphatic heterocycles. The molecule has 3 aromatic carbocycles. The van der Waals surface area contributed by atoms with Crippen LogP contribution in [0.4, 0.5) is 0 Å². The number of hydrogen-bond donors (Lipinski definition) is 0. The summed E-state index contributed by atoms with van der Waals surface area (Å²) >= 11 is 0. The Morgan fingerprint density at radius 2 is 1.00 bits per heavy atom. The molecule has 0 unspecified atom stereocenters. The Bertz CT molecular complexity index is 875. The Kier molecular flexibility index (Phi) is 13.0. The maximum Gasteiger partial charge on any atom is 4.00 e.